The van der Waals surface area contributed by atoms with Crippen LogP contribution in [0.1, 0.15) is 12.0 Å². The van der Waals surface area contributed by atoms with Crippen molar-refractivity contribution in [1.29, 1.82) is 0 Å². The molecule has 0 fully saturated rings. The summed E-state index contributed by atoms with van der Waals surface area (Å²) in [6.45, 7) is 1.39. The van der Waals surface area contributed by atoms with Crippen LogP contribution < -0.4 is 5.32 Å². The van der Waals surface area contributed by atoms with Gasteiger partial charge in [0.15, 0.2) is 0 Å². The van der Waals surface area contributed by atoms with E-state index in [2.05, 4.69) is 17.4 Å². The van der Waals surface area contributed by atoms with Gasteiger partial charge in [0.1, 0.15) is 0 Å². The normalized spacial score (nSPS) is 11.9. The van der Waals surface area contributed by atoms with Crippen LogP contribution in [0.2, 0.25) is 0 Å². The lowest BCUT2D eigenvalue weighted by molar-refractivity contribution is 0.168. The molecule has 0 aliphatic rings. The van der Waals surface area contributed by atoms with Gasteiger partial charge < -0.3 is 10.4 Å². The molecule has 1 unspecified atom stereocenters. The van der Waals surface area contributed by atoms with Crippen molar-refractivity contribution in [3.8, 4) is 0 Å². The van der Waals surface area contributed by atoms with Crippen molar-refractivity contribution in [3.05, 3.63) is 35.9 Å². The Morgan fingerprint density at radius 2 is 1.93 bits per heavy atom. The molecule has 0 aliphatic heterocycles. The molecule has 1 atom stereocenters. The summed E-state index contributed by atoms with van der Waals surface area (Å²) in [5, 5.41) is 12.6. The number of halogens is 2. The highest BCUT2D eigenvalue weighted by atomic mass is 35.5. The molecule has 0 bridgehead atoms. The Labute approximate surface area is 102 Å². The van der Waals surface area contributed by atoms with E-state index in [0.29, 0.717) is 18.8 Å². The molecule has 1 rings (SSSR count). The molecule has 86 valence electrons. The minimum Gasteiger partial charge on any atom is -0.392 e. The van der Waals surface area contributed by atoms with Gasteiger partial charge in [-0.2, -0.15) is 0 Å². The van der Waals surface area contributed by atoms with Gasteiger partial charge in [0.2, 0.25) is 0 Å². The van der Waals surface area contributed by atoms with E-state index in [1.54, 1.807) is 0 Å². The molecule has 1 aromatic rings. The van der Waals surface area contributed by atoms with Gasteiger partial charge in [0, 0.05) is 19.0 Å². The van der Waals surface area contributed by atoms with Crippen molar-refractivity contribution in [2.45, 2.75) is 19.1 Å². The van der Waals surface area contributed by atoms with Crippen molar-refractivity contribution >= 4 is 24.0 Å². The van der Waals surface area contributed by atoms with E-state index in [0.717, 1.165) is 6.54 Å². The number of hydrogen-bond acceptors (Lipinski definition) is 2. The SMILES string of the molecule is Cl.OC(CCCl)CNCc1ccccc1. The third-order valence-corrected chi connectivity index (χ3v) is 2.21. The Kier molecular flexibility index (Phi) is 8.82. The second-order valence-electron chi connectivity index (χ2n) is 3.25. The van der Waals surface area contributed by atoms with Gasteiger partial charge in [-0.1, -0.05) is 30.3 Å². The number of alkyl halides is 1. The van der Waals surface area contributed by atoms with Gasteiger partial charge in [-0.3, -0.25) is 0 Å². The van der Waals surface area contributed by atoms with E-state index in [-0.39, 0.29) is 18.5 Å². The zero-order valence-electron chi connectivity index (χ0n) is 8.53. The summed E-state index contributed by atoms with van der Waals surface area (Å²) in [5.74, 6) is 0.508. The molecule has 15 heavy (non-hydrogen) atoms. The zero-order valence-corrected chi connectivity index (χ0v) is 10.1. The Morgan fingerprint density at radius 3 is 2.53 bits per heavy atom. The molecule has 0 spiro atoms. The predicted octanol–water partition coefficient (Wildman–Crippen LogP) is 2.19. The van der Waals surface area contributed by atoms with Gasteiger partial charge in [-0.25, -0.2) is 0 Å². The van der Waals surface area contributed by atoms with E-state index in [1.165, 1.54) is 5.56 Å². The molecule has 0 radical (unpaired) electrons. The van der Waals surface area contributed by atoms with Crippen LogP contribution in [0.5, 0.6) is 0 Å². The molecule has 0 heterocycles. The van der Waals surface area contributed by atoms with Crippen LogP contribution in [0, 0.1) is 0 Å². The quantitative estimate of drug-likeness (QED) is 0.758. The third kappa shape index (κ3) is 6.74. The number of aliphatic hydroxyl groups is 1. The molecular formula is C11H17Cl2NO. The van der Waals surface area contributed by atoms with Gasteiger partial charge in [-0.05, 0) is 12.0 Å². The lowest BCUT2D eigenvalue weighted by Gasteiger charge is -2.09. The number of hydrogen-bond donors (Lipinski definition) is 2. The highest BCUT2D eigenvalue weighted by Gasteiger charge is 2.01. The summed E-state index contributed by atoms with van der Waals surface area (Å²) >= 11 is 5.50. The third-order valence-electron chi connectivity index (χ3n) is 1.99. The molecule has 0 aromatic heterocycles. The fourth-order valence-electron chi connectivity index (χ4n) is 1.21. The standard InChI is InChI=1S/C11H16ClNO.ClH/c12-7-6-11(14)9-13-8-10-4-2-1-3-5-10;/h1-5,11,13-14H,6-9H2;1H. The maximum atomic E-state index is 9.38. The predicted molar refractivity (Wildman–Crippen MR) is 66.7 cm³/mol. The Bertz CT molecular complexity index is 244. The molecular weight excluding hydrogens is 233 g/mol. The minimum atomic E-state index is -0.337. The van der Waals surface area contributed by atoms with Crippen LogP contribution in [0.25, 0.3) is 0 Å². The van der Waals surface area contributed by atoms with E-state index < -0.39 is 0 Å². The van der Waals surface area contributed by atoms with Crippen molar-refractivity contribution in [3.63, 3.8) is 0 Å². The summed E-state index contributed by atoms with van der Waals surface area (Å²) in [4.78, 5) is 0. The monoisotopic (exact) mass is 249 g/mol. The molecule has 0 aliphatic carbocycles. The summed E-state index contributed by atoms with van der Waals surface area (Å²) in [7, 11) is 0. The Hall–Kier alpha value is -0.280. The first-order chi connectivity index (χ1) is 6.83. The van der Waals surface area contributed by atoms with Crippen molar-refractivity contribution in [2.75, 3.05) is 12.4 Å². The highest BCUT2D eigenvalue weighted by molar-refractivity contribution is 6.17. The second-order valence-corrected chi connectivity index (χ2v) is 3.63. The van der Waals surface area contributed by atoms with Crippen LogP contribution in [-0.4, -0.2) is 23.6 Å². The first-order valence-corrected chi connectivity index (χ1v) is 5.35. The number of nitrogens with one attached hydrogen (secondary N) is 1. The highest BCUT2D eigenvalue weighted by Crippen LogP contribution is 1.98. The van der Waals surface area contributed by atoms with Crippen molar-refractivity contribution in [2.24, 2.45) is 0 Å². The van der Waals surface area contributed by atoms with Crippen molar-refractivity contribution < 1.29 is 5.11 Å². The average Bonchev–Trinajstić information content (AvgIpc) is 2.20. The molecule has 2 N–H and O–H groups in total. The maximum Gasteiger partial charge on any atom is 0.0676 e. The summed E-state index contributed by atoms with van der Waals surface area (Å²) in [6, 6.07) is 10.1. The molecule has 2 nitrogen and oxygen atoms in total. The van der Waals surface area contributed by atoms with Crippen molar-refractivity contribution in [1.82, 2.24) is 5.32 Å². The lowest BCUT2D eigenvalue weighted by atomic mass is 10.2. The number of benzene rings is 1. The van der Waals surface area contributed by atoms with E-state index in [4.69, 9.17) is 11.6 Å². The van der Waals surface area contributed by atoms with Crippen LogP contribution >= 0.6 is 24.0 Å². The fourth-order valence-corrected chi connectivity index (χ4v) is 1.46. The Balaban J connectivity index is 0.00000196. The molecule has 0 saturated carbocycles. The summed E-state index contributed by atoms with van der Waals surface area (Å²) in [5.41, 5.74) is 1.23. The van der Waals surface area contributed by atoms with E-state index in [1.807, 2.05) is 18.2 Å². The van der Waals surface area contributed by atoms with Gasteiger partial charge in [0.25, 0.3) is 0 Å². The molecule has 1 aromatic carbocycles. The van der Waals surface area contributed by atoms with Crippen LogP contribution in [0.4, 0.5) is 0 Å². The first kappa shape index (κ1) is 14.7. The van der Waals surface area contributed by atoms with Crippen LogP contribution in [0.3, 0.4) is 0 Å². The summed E-state index contributed by atoms with van der Waals surface area (Å²) in [6.07, 6.45) is 0.305. The zero-order chi connectivity index (χ0) is 10.2. The maximum absolute atomic E-state index is 9.38. The van der Waals surface area contributed by atoms with Crippen LogP contribution in [0.15, 0.2) is 30.3 Å². The molecule has 0 saturated heterocycles. The Morgan fingerprint density at radius 1 is 1.27 bits per heavy atom. The first-order valence-electron chi connectivity index (χ1n) is 4.81. The van der Waals surface area contributed by atoms with E-state index >= 15 is 0 Å². The van der Waals surface area contributed by atoms with Gasteiger partial charge in [-0.15, -0.1) is 24.0 Å². The van der Waals surface area contributed by atoms with Gasteiger partial charge >= 0.3 is 0 Å². The smallest absolute Gasteiger partial charge is 0.0676 e. The average molecular weight is 250 g/mol. The molecule has 4 heteroatoms. The van der Waals surface area contributed by atoms with E-state index in [9.17, 15) is 5.11 Å². The minimum absolute atomic E-state index is 0. The largest absolute Gasteiger partial charge is 0.392 e. The fraction of sp³-hybridized carbons (Fsp3) is 0.455. The topological polar surface area (TPSA) is 32.3 Å². The lowest BCUT2D eigenvalue weighted by Crippen LogP contribution is -2.26. The van der Waals surface area contributed by atoms with Crippen LogP contribution in [-0.2, 0) is 6.54 Å². The second kappa shape index (κ2) is 8.98. The van der Waals surface area contributed by atoms with Gasteiger partial charge in [0.05, 0.1) is 6.10 Å². The molecule has 0 amide bonds. The number of aliphatic hydroxyl groups excluding tert-OH is 1. The number of rotatable bonds is 6. The summed E-state index contributed by atoms with van der Waals surface area (Å²) < 4.78 is 0.